The Hall–Kier alpha value is -2.18. The second-order valence-electron chi connectivity index (χ2n) is 6.50. The van der Waals surface area contributed by atoms with E-state index in [1.54, 1.807) is 0 Å². The second-order valence-corrected chi connectivity index (χ2v) is 6.50. The van der Waals surface area contributed by atoms with Crippen LogP contribution < -0.4 is 0 Å². The van der Waals surface area contributed by atoms with Crippen LogP contribution in [0.25, 0.3) is 5.69 Å². The SMILES string of the molecule is CN1C(=O)CCO[C@H]2CN(Cc3ccnn3-c3ccccc3)C[C@@H]21. The molecule has 2 atom stereocenters. The van der Waals surface area contributed by atoms with Crippen molar-refractivity contribution in [2.45, 2.75) is 25.1 Å². The van der Waals surface area contributed by atoms with Crippen molar-refractivity contribution in [3.63, 3.8) is 0 Å². The average molecular weight is 326 g/mol. The summed E-state index contributed by atoms with van der Waals surface area (Å²) in [5, 5.41) is 4.46. The summed E-state index contributed by atoms with van der Waals surface area (Å²) >= 11 is 0. The standard InChI is InChI=1S/C18H22N4O2/c1-20-16-12-21(13-17(16)24-10-8-18(20)23)11-15-7-9-19-22(15)14-5-3-2-4-6-14/h2-7,9,16-17H,8,10-13H2,1H3/t16-,17-/m0/s1. The van der Waals surface area contributed by atoms with E-state index in [-0.39, 0.29) is 18.1 Å². The molecule has 1 aromatic heterocycles. The molecule has 3 heterocycles. The van der Waals surface area contributed by atoms with Gasteiger partial charge in [-0.2, -0.15) is 5.10 Å². The van der Waals surface area contributed by atoms with Crippen LogP contribution in [0.2, 0.25) is 0 Å². The number of ether oxygens (including phenoxy) is 1. The Morgan fingerprint density at radius 3 is 2.88 bits per heavy atom. The number of likely N-dealkylation sites (N-methyl/N-ethyl adjacent to an activating group) is 1. The van der Waals surface area contributed by atoms with Crippen LogP contribution in [-0.2, 0) is 16.1 Å². The summed E-state index contributed by atoms with van der Waals surface area (Å²) < 4.78 is 7.88. The zero-order valence-corrected chi connectivity index (χ0v) is 13.8. The monoisotopic (exact) mass is 326 g/mol. The predicted octanol–water partition coefficient (Wildman–Crippen LogP) is 1.30. The molecule has 0 radical (unpaired) electrons. The first-order valence-corrected chi connectivity index (χ1v) is 8.40. The molecule has 6 heteroatoms. The predicted molar refractivity (Wildman–Crippen MR) is 89.8 cm³/mol. The summed E-state index contributed by atoms with van der Waals surface area (Å²) in [6, 6.07) is 12.3. The van der Waals surface area contributed by atoms with Crippen molar-refractivity contribution in [3.05, 3.63) is 48.3 Å². The summed E-state index contributed by atoms with van der Waals surface area (Å²) in [6.45, 7) is 3.02. The number of carbonyl (C=O) groups excluding carboxylic acids is 1. The van der Waals surface area contributed by atoms with Crippen molar-refractivity contribution in [1.82, 2.24) is 19.6 Å². The fraction of sp³-hybridized carbons (Fsp3) is 0.444. The van der Waals surface area contributed by atoms with Gasteiger partial charge in [0.15, 0.2) is 0 Å². The quantitative estimate of drug-likeness (QED) is 0.853. The summed E-state index contributed by atoms with van der Waals surface area (Å²) in [6.07, 6.45) is 2.43. The van der Waals surface area contributed by atoms with Crippen LogP contribution >= 0.6 is 0 Å². The summed E-state index contributed by atoms with van der Waals surface area (Å²) in [5.41, 5.74) is 2.21. The Balaban J connectivity index is 1.50. The lowest BCUT2D eigenvalue weighted by molar-refractivity contribution is -0.131. The largest absolute Gasteiger partial charge is 0.374 e. The first kappa shape index (κ1) is 15.4. The number of para-hydroxylation sites is 1. The fourth-order valence-electron chi connectivity index (χ4n) is 3.64. The highest BCUT2D eigenvalue weighted by Crippen LogP contribution is 2.24. The normalized spacial score (nSPS) is 24.9. The molecule has 24 heavy (non-hydrogen) atoms. The van der Waals surface area contributed by atoms with Crippen molar-refractivity contribution >= 4 is 5.91 Å². The number of aromatic nitrogens is 2. The number of benzene rings is 1. The average Bonchev–Trinajstić information content (AvgIpc) is 3.19. The van der Waals surface area contributed by atoms with Gasteiger partial charge in [-0.3, -0.25) is 9.69 Å². The van der Waals surface area contributed by atoms with E-state index in [0.29, 0.717) is 13.0 Å². The van der Waals surface area contributed by atoms with Crippen LogP contribution in [0.4, 0.5) is 0 Å². The van der Waals surface area contributed by atoms with E-state index >= 15 is 0 Å². The molecule has 2 aliphatic heterocycles. The van der Waals surface area contributed by atoms with Gasteiger partial charge in [0.05, 0.1) is 36.6 Å². The molecule has 1 amide bonds. The number of hydrogen-bond donors (Lipinski definition) is 0. The molecule has 0 saturated carbocycles. The lowest BCUT2D eigenvalue weighted by Gasteiger charge is -2.25. The zero-order valence-electron chi connectivity index (χ0n) is 13.8. The second kappa shape index (κ2) is 6.37. The van der Waals surface area contributed by atoms with E-state index in [4.69, 9.17) is 4.74 Å². The van der Waals surface area contributed by atoms with E-state index in [2.05, 4.69) is 28.2 Å². The lowest BCUT2D eigenvalue weighted by Crippen LogP contribution is -2.42. The van der Waals surface area contributed by atoms with E-state index < -0.39 is 0 Å². The van der Waals surface area contributed by atoms with Crippen LogP contribution in [0.5, 0.6) is 0 Å². The van der Waals surface area contributed by atoms with Crippen LogP contribution in [0.15, 0.2) is 42.6 Å². The molecule has 0 spiro atoms. The van der Waals surface area contributed by atoms with Gasteiger partial charge in [-0.15, -0.1) is 0 Å². The maximum atomic E-state index is 12.0. The summed E-state index contributed by atoms with van der Waals surface area (Å²) in [4.78, 5) is 16.2. The molecule has 0 N–H and O–H groups in total. The Morgan fingerprint density at radius 1 is 1.21 bits per heavy atom. The highest BCUT2D eigenvalue weighted by molar-refractivity contribution is 5.76. The molecule has 2 aliphatic rings. The number of carbonyl (C=O) groups is 1. The van der Waals surface area contributed by atoms with Gasteiger partial charge in [-0.1, -0.05) is 18.2 Å². The molecule has 6 nitrogen and oxygen atoms in total. The molecular weight excluding hydrogens is 304 g/mol. The summed E-state index contributed by atoms with van der Waals surface area (Å²) in [7, 11) is 1.90. The van der Waals surface area contributed by atoms with Gasteiger partial charge < -0.3 is 9.64 Å². The van der Waals surface area contributed by atoms with E-state index in [9.17, 15) is 4.79 Å². The third kappa shape index (κ3) is 2.83. The third-order valence-electron chi connectivity index (χ3n) is 4.96. The minimum absolute atomic E-state index is 0.106. The zero-order chi connectivity index (χ0) is 16.5. The van der Waals surface area contributed by atoms with Gasteiger partial charge in [-0.05, 0) is 18.2 Å². The number of likely N-dealkylation sites (tertiary alicyclic amines) is 1. The molecule has 0 aliphatic carbocycles. The molecule has 4 rings (SSSR count). The highest BCUT2D eigenvalue weighted by Gasteiger charge is 2.39. The minimum atomic E-state index is 0.106. The number of nitrogens with zero attached hydrogens (tertiary/aromatic N) is 4. The molecule has 2 saturated heterocycles. The van der Waals surface area contributed by atoms with Crippen molar-refractivity contribution < 1.29 is 9.53 Å². The first-order valence-electron chi connectivity index (χ1n) is 8.40. The van der Waals surface area contributed by atoms with Crippen molar-refractivity contribution in [1.29, 1.82) is 0 Å². The molecule has 2 aromatic rings. The van der Waals surface area contributed by atoms with Gasteiger partial charge in [-0.25, -0.2) is 4.68 Å². The van der Waals surface area contributed by atoms with Crippen LogP contribution in [0.1, 0.15) is 12.1 Å². The molecule has 0 unspecified atom stereocenters. The van der Waals surface area contributed by atoms with Crippen LogP contribution in [-0.4, -0.2) is 64.4 Å². The Bertz CT molecular complexity index is 715. The van der Waals surface area contributed by atoms with Gasteiger partial charge in [0.25, 0.3) is 0 Å². The Labute approximate surface area is 141 Å². The van der Waals surface area contributed by atoms with Gasteiger partial charge in [0, 0.05) is 32.9 Å². The lowest BCUT2D eigenvalue weighted by atomic mass is 10.2. The topological polar surface area (TPSA) is 50.6 Å². The number of amides is 1. The van der Waals surface area contributed by atoms with Crippen molar-refractivity contribution in [2.24, 2.45) is 0 Å². The minimum Gasteiger partial charge on any atom is -0.374 e. The van der Waals surface area contributed by atoms with Gasteiger partial charge in [0.1, 0.15) is 0 Å². The number of hydrogen-bond acceptors (Lipinski definition) is 4. The molecule has 2 fully saturated rings. The van der Waals surface area contributed by atoms with Crippen LogP contribution in [0, 0.1) is 0 Å². The van der Waals surface area contributed by atoms with Gasteiger partial charge in [0.2, 0.25) is 5.91 Å². The van der Waals surface area contributed by atoms with E-state index in [0.717, 1.165) is 31.0 Å². The third-order valence-corrected chi connectivity index (χ3v) is 4.96. The summed E-state index contributed by atoms with van der Waals surface area (Å²) in [5.74, 6) is 0.179. The van der Waals surface area contributed by atoms with Crippen LogP contribution in [0.3, 0.4) is 0 Å². The number of fused-ring (bicyclic) bond motifs is 1. The smallest absolute Gasteiger partial charge is 0.225 e. The Morgan fingerprint density at radius 2 is 2.04 bits per heavy atom. The number of rotatable bonds is 3. The molecule has 1 aromatic carbocycles. The maximum Gasteiger partial charge on any atom is 0.225 e. The molecule has 126 valence electrons. The highest BCUT2D eigenvalue weighted by atomic mass is 16.5. The van der Waals surface area contributed by atoms with Crippen molar-refractivity contribution in [3.8, 4) is 5.69 Å². The van der Waals surface area contributed by atoms with E-state index in [1.807, 2.05) is 41.0 Å². The maximum absolute atomic E-state index is 12.0. The first-order chi connectivity index (χ1) is 11.7. The molecular formula is C18H22N4O2. The van der Waals surface area contributed by atoms with Crippen molar-refractivity contribution in [2.75, 3.05) is 26.7 Å². The van der Waals surface area contributed by atoms with Gasteiger partial charge >= 0.3 is 0 Å². The van der Waals surface area contributed by atoms with E-state index in [1.165, 1.54) is 0 Å². The molecule has 0 bridgehead atoms. The fourth-order valence-corrected chi connectivity index (χ4v) is 3.64. The Kier molecular flexibility index (Phi) is 4.08.